The first-order valence-electron chi connectivity index (χ1n) is 7.96. The zero-order valence-corrected chi connectivity index (χ0v) is 14.8. The molecule has 1 atom stereocenters. The Morgan fingerprint density at radius 3 is 2.17 bits per heavy atom. The van der Waals surface area contributed by atoms with Crippen molar-refractivity contribution in [2.75, 3.05) is 0 Å². The topological polar surface area (TPSA) is 59.3 Å². The van der Waals surface area contributed by atoms with Crippen molar-refractivity contribution >= 4 is 20.9 Å². The lowest BCUT2D eigenvalue weighted by molar-refractivity contribution is 0.201. The predicted octanol–water partition coefficient (Wildman–Crippen LogP) is 4.06. The first-order chi connectivity index (χ1) is 11.3. The average molecular weight is 343 g/mol. The van der Waals surface area contributed by atoms with E-state index in [1.54, 1.807) is 31.2 Å². The third-order valence-corrected chi connectivity index (χ3v) is 5.95. The highest BCUT2D eigenvalue weighted by Crippen LogP contribution is 2.30. The largest absolute Gasteiger partial charge is 0.389 e. The molecule has 0 spiro atoms. The molecule has 3 rings (SSSR count). The number of nitrogens with zero attached hydrogens (tertiary/aromatic N) is 1. The maximum Gasteiger partial charge on any atom is 0.268 e. The van der Waals surface area contributed by atoms with Gasteiger partial charge in [-0.15, -0.1) is 0 Å². The van der Waals surface area contributed by atoms with Crippen molar-refractivity contribution < 1.29 is 13.5 Å². The number of benzene rings is 2. The van der Waals surface area contributed by atoms with E-state index in [0.29, 0.717) is 17.0 Å². The smallest absolute Gasteiger partial charge is 0.268 e. The van der Waals surface area contributed by atoms with Crippen LogP contribution >= 0.6 is 0 Å². The van der Waals surface area contributed by atoms with Crippen LogP contribution in [-0.2, 0) is 10.0 Å². The maximum atomic E-state index is 13.0. The molecule has 0 aliphatic heterocycles. The lowest BCUT2D eigenvalue weighted by Crippen LogP contribution is -2.12. The molecule has 2 aromatic carbocycles. The fourth-order valence-corrected chi connectivity index (χ4v) is 4.22. The number of aromatic nitrogens is 1. The summed E-state index contributed by atoms with van der Waals surface area (Å²) >= 11 is 0. The van der Waals surface area contributed by atoms with Gasteiger partial charge in [-0.05, 0) is 36.6 Å². The van der Waals surface area contributed by atoms with Crippen LogP contribution in [0.5, 0.6) is 0 Å². The van der Waals surface area contributed by atoms with Crippen LogP contribution < -0.4 is 0 Å². The van der Waals surface area contributed by atoms with Crippen molar-refractivity contribution in [1.82, 2.24) is 3.97 Å². The lowest BCUT2D eigenvalue weighted by atomic mass is 10.0. The highest BCUT2D eigenvalue weighted by atomic mass is 32.2. The van der Waals surface area contributed by atoms with E-state index < -0.39 is 16.1 Å². The van der Waals surface area contributed by atoms with Gasteiger partial charge in [0.25, 0.3) is 10.0 Å². The molecule has 0 saturated carbocycles. The second-order valence-electron chi connectivity index (χ2n) is 6.30. The van der Waals surface area contributed by atoms with Crippen LogP contribution in [0.4, 0.5) is 0 Å². The molecule has 1 heterocycles. The predicted molar refractivity (Wildman–Crippen MR) is 95.7 cm³/mol. The van der Waals surface area contributed by atoms with E-state index >= 15 is 0 Å². The summed E-state index contributed by atoms with van der Waals surface area (Å²) in [5.74, 6) is 0.344. The van der Waals surface area contributed by atoms with Gasteiger partial charge in [0.1, 0.15) is 0 Å². The van der Waals surface area contributed by atoms with Crippen molar-refractivity contribution in [3.05, 3.63) is 65.9 Å². The Kier molecular flexibility index (Phi) is 4.24. The van der Waals surface area contributed by atoms with Crippen LogP contribution in [0, 0.1) is 0 Å². The normalized spacial score (nSPS) is 13.5. The van der Waals surface area contributed by atoms with Crippen molar-refractivity contribution in [3.63, 3.8) is 0 Å². The Morgan fingerprint density at radius 2 is 1.58 bits per heavy atom. The standard InChI is InChI=1S/C19H21NO3S/c1-13(2)15-8-10-16(11-9-15)24(22,23)20-12-18(14(3)21)17-6-4-5-7-19(17)20/h4-14,21H,1-3H3. The lowest BCUT2D eigenvalue weighted by Gasteiger charge is -2.10. The van der Waals surface area contributed by atoms with Gasteiger partial charge in [-0.3, -0.25) is 0 Å². The van der Waals surface area contributed by atoms with Crippen LogP contribution in [0.1, 0.15) is 43.9 Å². The van der Waals surface area contributed by atoms with Crippen molar-refractivity contribution in [3.8, 4) is 0 Å². The van der Waals surface area contributed by atoms with Gasteiger partial charge in [-0.2, -0.15) is 0 Å². The van der Waals surface area contributed by atoms with E-state index in [2.05, 4.69) is 13.8 Å². The van der Waals surface area contributed by atoms with E-state index in [4.69, 9.17) is 0 Å². The van der Waals surface area contributed by atoms with Gasteiger partial charge in [0.05, 0.1) is 16.5 Å². The summed E-state index contributed by atoms with van der Waals surface area (Å²) in [5.41, 5.74) is 2.27. The molecule has 0 aliphatic carbocycles. The second kappa shape index (κ2) is 6.07. The quantitative estimate of drug-likeness (QED) is 0.777. The number of aliphatic hydroxyl groups excluding tert-OH is 1. The highest BCUT2D eigenvalue weighted by Gasteiger charge is 2.22. The van der Waals surface area contributed by atoms with Gasteiger partial charge in [0.15, 0.2) is 0 Å². The molecule has 126 valence electrons. The van der Waals surface area contributed by atoms with Crippen LogP contribution in [0.2, 0.25) is 0 Å². The Labute approximate surface area is 142 Å². The fraction of sp³-hybridized carbons (Fsp3) is 0.263. The third-order valence-electron chi connectivity index (χ3n) is 4.26. The molecule has 0 aliphatic rings. The molecule has 1 unspecified atom stereocenters. The first kappa shape index (κ1) is 16.7. The Morgan fingerprint density at radius 1 is 0.958 bits per heavy atom. The molecule has 0 amide bonds. The van der Waals surface area contributed by atoms with E-state index in [1.165, 1.54) is 10.2 Å². The van der Waals surface area contributed by atoms with Crippen molar-refractivity contribution in [2.24, 2.45) is 0 Å². The molecule has 0 bridgehead atoms. The minimum atomic E-state index is -3.72. The summed E-state index contributed by atoms with van der Waals surface area (Å²) in [6.45, 7) is 5.77. The van der Waals surface area contributed by atoms with Crippen LogP contribution in [0.3, 0.4) is 0 Å². The minimum Gasteiger partial charge on any atom is -0.389 e. The molecule has 1 aromatic heterocycles. The van der Waals surface area contributed by atoms with Gasteiger partial charge in [0.2, 0.25) is 0 Å². The molecule has 4 nitrogen and oxygen atoms in total. The fourth-order valence-electron chi connectivity index (χ4n) is 2.85. The van der Waals surface area contributed by atoms with Gasteiger partial charge in [-0.1, -0.05) is 44.2 Å². The second-order valence-corrected chi connectivity index (χ2v) is 8.12. The third kappa shape index (κ3) is 2.74. The van der Waals surface area contributed by atoms with Crippen LogP contribution in [0.25, 0.3) is 10.9 Å². The molecule has 0 radical (unpaired) electrons. The van der Waals surface area contributed by atoms with Crippen molar-refractivity contribution in [1.29, 1.82) is 0 Å². The van der Waals surface area contributed by atoms with Crippen molar-refractivity contribution in [2.45, 2.75) is 37.7 Å². The summed E-state index contributed by atoms with van der Waals surface area (Å²) in [6, 6.07) is 14.2. The van der Waals surface area contributed by atoms with Gasteiger partial charge >= 0.3 is 0 Å². The first-order valence-corrected chi connectivity index (χ1v) is 9.40. The summed E-state index contributed by atoms with van der Waals surface area (Å²) in [6.07, 6.45) is 0.774. The Balaban J connectivity index is 2.18. The average Bonchev–Trinajstić information content (AvgIpc) is 2.95. The maximum absolute atomic E-state index is 13.0. The zero-order chi connectivity index (χ0) is 17.5. The van der Waals surface area contributed by atoms with E-state index in [9.17, 15) is 13.5 Å². The van der Waals surface area contributed by atoms with Crippen LogP contribution in [0.15, 0.2) is 59.6 Å². The number of aliphatic hydroxyl groups is 1. The molecule has 3 aromatic rings. The monoisotopic (exact) mass is 343 g/mol. The van der Waals surface area contributed by atoms with E-state index in [-0.39, 0.29) is 4.90 Å². The molecule has 0 fully saturated rings. The molecule has 1 N–H and O–H groups in total. The van der Waals surface area contributed by atoms with Gasteiger partial charge in [0, 0.05) is 17.1 Å². The number of hydrogen-bond acceptors (Lipinski definition) is 3. The molecule has 5 heteroatoms. The number of hydrogen-bond donors (Lipinski definition) is 1. The summed E-state index contributed by atoms with van der Waals surface area (Å²) in [4.78, 5) is 0.241. The zero-order valence-electron chi connectivity index (χ0n) is 14.0. The van der Waals surface area contributed by atoms with Gasteiger partial charge < -0.3 is 5.11 Å². The number of para-hydroxylation sites is 1. The number of fused-ring (bicyclic) bond motifs is 1. The summed E-state index contributed by atoms with van der Waals surface area (Å²) in [7, 11) is -3.72. The van der Waals surface area contributed by atoms with Gasteiger partial charge in [-0.25, -0.2) is 12.4 Å². The molecule has 24 heavy (non-hydrogen) atoms. The Bertz CT molecular complexity index is 968. The number of rotatable bonds is 4. The SMILES string of the molecule is CC(C)c1ccc(S(=O)(=O)n2cc(C(C)O)c3ccccc32)cc1. The minimum absolute atomic E-state index is 0.241. The van der Waals surface area contributed by atoms with E-state index in [0.717, 1.165) is 10.9 Å². The Hall–Kier alpha value is -2.11. The summed E-state index contributed by atoms with van der Waals surface area (Å²) < 4.78 is 27.4. The van der Waals surface area contributed by atoms with Crippen LogP contribution in [-0.4, -0.2) is 17.5 Å². The summed E-state index contributed by atoms with van der Waals surface area (Å²) in [5, 5.41) is 10.7. The highest BCUT2D eigenvalue weighted by molar-refractivity contribution is 7.90. The molecule has 0 saturated heterocycles. The van der Waals surface area contributed by atoms with E-state index in [1.807, 2.05) is 24.3 Å². The molecular weight excluding hydrogens is 322 g/mol. The molecular formula is C19H21NO3S.